The second kappa shape index (κ2) is 7.47. The van der Waals surface area contributed by atoms with E-state index in [0.717, 1.165) is 6.42 Å². The van der Waals surface area contributed by atoms with E-state index in [-0.39, 0.29) is 11.1 Å². The van der Waals surface area contributed by atoms with Crippen LogP contribution in [0.5, 0.6) is 0 Å². The number of amides is 1. The number of aromatic nitrogens is 2. The van der Waals surface area contributed by atoms with E-state index in [1.807, 2.05) is 6.26 Å². The van der Waals surface area contributed by atoms with Gasteiger partial charge in [-0.1, -0.05) is 23.4 Å². The molecule has 0 radical (unpaired) electrons. The summed E-state index contributed by atoms with van der Waals surface area (Å²) in [5.41, 5.74) is 0.293. The number of thioether (sulfide) groups is 1. The number of halogens is 1. The van der Waals surface area contributed by atoms with E-state index in [9.17, 15) is 4.79 Å². The number of ether oxygens (including phenoxy) is 1. The van der Waals surface area contributed by atoms with E-state index in [1.54, 1.807) is 7.11 Å². The normalized spacial score (nSPS) is 10.3. The Labute approximate surface area is 109 Å². The SMILES string of the molecule is COCCCNC(=O)c1cnc(SC)nc1Cl. The zero-order valence-corrected chi connectivity index (χ0v) is 11.3. The second-order valence-corrected chi connectivity index (χ2v) is 4.29. The first kappa shape index (κ1) is 14.2. The van der Waals surface area contributed by atoms with Gasteiger partial charge in [0, 0.05) is 26.5 Å². The molecule has 1 rings (SSSR count). The van der Waals surface area contributed by atoms with Gasteiger partial charge in [0.2, 0.25) is 0 Å². The lowest BCUT2D eigenvalue weighted by Gasteiger charge is -2.06. The average molecular weight is 276 g/mol. The quantitative estimate of drug-likeness (QED) is 0.370. The van der Waals surface area contributed by atoms with Crippen LogP contribution >= 0.6 is 23.4 Å². The molecule has 1 aromatic rings. The number of rotatable bonds is 6. The summed E-state index contributed by atoms with van der Waals surface area (Å²) < 4.78 is 4.88. The Bertz CT molecular complexity index is 390. The Hall–Kier alpha value is -0.850. The predicted octanol–water partition coefficient (Wildman–Crippen LogP) is 1.62. The molecule has 0 spiro atoms. The molecule has 1 N–H and O–H groups in total. The summed E-state index contributed by atoms with van der Waals surface area (Å²) in [4.78, 5) is 19.7. The van der Waals surface area contributed by atoms with Crippen LogP contribution in [0.1, 0.15) is 16.8 Å². The lowest BCUT2D eigenvalue weighted by Crippen LogP contribution is -2.25. The van der Waals surface area contributed by atoms with Crippen molar-refractivity contribution in [2.75, 3.05) is 26.5 Å². The molecule has 17 heavy (non-hydrogen) atoms. The molecular weight excluding hydrogens is 262 g/mol. The maximum absolute atomic E-state index is 11.7. The summed E-state index contributed by atoms with van der Waals surface area (Å²) in [7, 11) is 1.62. The zero-order chi connectivity index (χ0) is 12.7. The minimum absolute atomic E-state index is 0.175. The summed E-state index contributed by atoms with van der Waals surface area (Å²) in [5, 5.41) is 3.44. The van der Waals surface area contributed by atoms with Crippen LogP contribution in [0.25, 0.3) is 0 Å². The Morgan fingerprint density at radius 1 is 1.65 bits per heavy atom. The van der Waals surface area contributed by atoms with Crippen LogP contribution in [0.2, 0.25) is 5.15 Å². The van der Waals surface area contributed by atoms with Crippen molar-refractivity contribution < 1.29 is 9.53 Å². The van der Waals surface area contributed by atoms with Crippen molar-refractivity contribution in [2.45, 2.75) is 11.6 Å². The van der Waals surface area contributed by atoms with E-state index in [2.05, 4.69) is 15.3 Å². The third-order valence-electron chi connectivity index (χ3n) is 1.96. The van der Waals surface area contributed by atoms with Gasteiger partial charge in [0.05, 0.1) is 5.56 Å². The molecule has 5 nitrogen and oxygen atoms in total. The van der Waals surface area contributed by atoms with Gasteiger partial charge < -0.3 is 10.1 Å². The largest absolute Gasteiger partial charge is 0.385 e. The highest BCUT2D eigenvalue weighted by Crippen LogP contribution is 2.16. The molecule has 0 aliphatic heterocycles. The summed E-state index contributed by atoms with van der Waals surface area (Å²) in [6.45, 7) is 1.14. The van der Waals surface area contributed by atoms with Crippen LogP contribution in [0, 0.1) is 0 Å². The van der Waals surface area contributed by atoms with E-state index in [0.29, 0.717) is 23.9 Å². The van der Waals surface area contributed by atoms with Crippen molar-refractivity contribution in [3.63, 3.8) is 0 Å². The van der Waals surface area contributed by atoms with E-state index in [1.165, 1.54) is 18.0 Å². The first-order chi connectivity index (χ1) is 8.19. The van der Waals surface area contributed by atoms with Crippen molar-refractivity contribution in [1.29, 1.82) is 0 Å². The Kier molecular flexibility index (Phi) is 6.25. The number of carbonyl (C=O) groups is 1. The molecule has 94 valence electrons. The molecular formula is C10H14ClN3O2S. The topological polar surface area (TPSA) is 64.1 Å². The molecule has 0 fully saturated rings. The number of hydrogen-bond acceptors (Lipinski definition) is 5. The van der Waals surface area contributed by atoms with Crippen LogP contribution in [0.15, 0.2) is 11.4 Å². The predicted molar refractivity (Wildman–Crippen MR) is 67.6 cm³/mol. The number of methoxy groups -OCH3 is 1. The number of nitrogens with one attached hydrogen (secondary N) is 1. The maximum Gasteiger partial charge on any atom is 0.255 e. The summed E-state index contributed by atoms with van der Waals surface area (Å²) in [5.74, 6) is -0.265. The first-order valence-corrected chi connectivity index (χ1v) is 6.63. The van der Waals surface area contributed by atoms with Gasteiger partial charge >= 0.3 is 0 Å². The van der Waals surface area contributed by atoms with Gasteiger partial charge in [-0.15, -0.1) is 0 Å². The zero-order valence-electron chi connectivity index (χ0n) is 9.70. The molecule has 0 atom stereocenters. The van der Waals surface area contributed by atoms with Gasteiger partial charge in [0.15, 0.2) is 5.16 Å². The average Bonchev–Trinajstić information content (AvgIpc) is 2.34. The first-order valence-electron chi connectivity index (χ1n) is 5.02. The van der Waals surface area contributed by atoms with Gasteiger partial charge in [-0.2, -0.15) is 0 Å². The van der Waals surface area contributed by atoms with E-state index >= 15 is 0 Å². The van der Waals surface area contributed by atoms with Crippen molar-refractivity contribution in [1.82, 2.24) is 15.3 Å². The monoisotopic (exact) mass is 275 g/mol. The molecule has 7 heteroatoms. The van der Waals surface area contributed by atoms with Crippen LogP contribution in [0.4, 0.5) is 0 Å². The molecule has 0 saturated carbocycles. The van der Waals surface area contributed by atoms with Crippen LogP contribution in [-0.4, -0.2) is 42.4 Å². The Morgan fingerprint density at radius 3 is 3.00 bits per heavy atom. The molecule has 0 aromatic carbocycles. The van der Waals surface area contributed by atoms with Crippen molar-refractivity contribution in [3.8, 4) is 0 Å². The lowest BCUT2D eigenvalue weighted by atomic mass is 10.3. The van der Waals surface area contributed by atoms with Gasteiger partial charge in [-0.3, -0.25) is 4.79 Å². The van der Waals surface area contributed by atoms with Crippen LogP contribution in [-0.2, 0) is 4.74 Å². The molecule has 1 amide bonds. The summed E-state index contributed by atoms with van der Waals surface area (Å²) >= 11 is 7.27. The molecule has 0 bridgehead atoms. The summed E-state index contributed by atoms with van der Waals surface area (Å²) in [6, 6.07) is 0. The molecule has 0 aliphatic carbocycles. The fraction of sp³-hybridized carbons (Fsp3) is 0.500. The molecule has 0 aliphatic rings. The minimum Gasteiger partial charge on any atom is -0.385 e. The minimum atomic E-state index is -0.265. The summed E-state index contributed by atoms with van der Waals surface area (Å²) in [6.07, 6.45) is 4.03. The van der Waals surface area contributed by atoms with E-state index in [4.69, 9.17) is 16.3 Å². The van der Waals surface area contributed by atoms with Crippen molar-refractivity contribution >= 4 is 29.3 Å². The Morgan fingerprint density at radius 2 is 2.41 bits per heavy atom. The molecule has 0 unspecified atom stereocenters. The molecule has 1 aromatic heterocycles. The third kappa shape index (κ3) is 4.49. The molecule has 0 saturated heterocycles. The number of carbonyl (C=O) groups excluding carboxylic acids is 1. The third-order valence-corrected chi connectivity index (χ3v) is 2.81. The highest BCUT2D eigenvalue weighted by atomic mass is 35.5. The lowest BCUT2D eigenvalue weighted by molar-refractivity contribution is 0.0948. The highest BCUT2D eigenvalue weighted by Gasteiger charge is 2.12. The van der Waals surface area contributed by atoms with Crippen molar-refractivity contribution in [2.24, 2.45) is 0 Å². The standard InChI is InChI=1S/C10H14ClN3O2S/c1-16-5-3-4-12-9(15)7-6-13-10(17-2)14-8(7)11/h6H,3-5H2,1-2H3,(H,12,15). The van der Waals surface area contributed by atoms with E-state index < -0.39 is 0 Å². The van der Waals surface area contributed by atoms with Crippen LogP contribution < -0.4 is 5.32 Å². The second-order valence-electron chi connectivity index (χ2n) is 3.16. The smallest absolute Gasteiger partial charge is 0.255 e. The van der Waals surface area contributed by atoms with Crippen molar-refractivity contribution in [3.05, 3.63) is 16.9 Å². The fourth-order valence-electron chi connectivity index (χ4n) is 1.11. The number of nitrogens with zero attached hydrogens (tertiary/aromatic N) is 2. The number of hydrogen-bond donors (Lipinski definition) is 1. The van der Waals surface area contributed by atoms with Gasteiger partial charge in [0.25, 0.3) is 5.91 Å². The van der Waals surface area contributed by atoms with Crippen LogP contribution in [0.3, 0.4) is 0 Å². The van der Waals surface area contributed by atoms with Gasteiger partial charge in [0.1, 0.15) is 5.15 Å². The van der Waals surface area contributed by atoms with Gasteiger partial charge in [-0.05, 0) is 12.7 Å². The Balaban J connectivity index is 2.57. The highest BCUT2D eigenvalue weighted by molar-refractivity contribution is 7.98. The fourth-order valence-corrected chi connectivity index (χ4v) is 1.72. The maximum atomic E-state index is 11.7. The van der Waals surface area contributed by atoms with Gasteiger partial charge in [-0.25, -0.2) is 9.97 Å². The molecule has 1 heterocycles.